The van der Waals surface area contributed by atoms with Gasteiger partial charge in [0.25, 0.3) is 5.91 Å². The number of nitrogens with zero attached hydrogens (tertiary/aromatic N) is 3. The van der Waals surface area contributed by atoms with E-state index >= 15 is 0 Å². The van der Waals surface area contributed by atoms with Crippen molar-refractivity contribution in [3.63, 3.8) is 0 Å². The Kier molecular flexibility index (Phi) is 4.57. The van der Waals surface area contributed by atoms with Gasteiger partial charge >= 0.3 is 5.84 Å². The third-order valence-electron chi connectivity index (χ3n) is 4.24. The summed E-state index contributed by atoms with van der Waals surface area (Å²) in [4.78, 5) is 16.8. The Morgan fingerprint density at radius 1 is 1.15 bits per heavy atom. The number of hydrogen-bond acceptors (Lipinski definition) is 5. The number of hydrogen-bond donors (Lipinski definition) is 1. The number of fused-ring (bicyclic) bond motifs is 1. The van der Waals surface area contributed by atoms with Gasteiger partial charge in [-0.25, -0.2) is 0 Å². The van der Waals surface area contributed by atoms with Gasteiger partial charge in [0.05, 0.1) is 7.11 Å². The maximum Gasteiger partial charge on any atom is 0.325 e. The summed E-state index contributed by atoms with van der Waals surface area (Å²) >= 11 is 0. The quantitative estimate of drug-likeness (QED) is 0.570. The molecular formula is C20H18N4O3. The van der Waals surface area contributed by atoms with Gasteiger partial charge in [0.1, 0.15) is 17.8 Å². The van der Waals surface area contributed by atoms with E-state index in [1.165, 1.54) is 6.33 Å². The molecule has 0 aliphatic rings. The topological polar surface area (TPSA) is 81.7 Å². The molecule has 4 rings (SSSR count). The third-order valence-corrected chi connectivity index (χ3v) is 4.24. The fraction of sp³-hybridized carbons (Fsp3) is 0.150. The van der Waals surface area contributed by atoms with Crippen molar-refractivity contribution in [3.8, 4) is 5.75 Å². The standard InChI is InChI=1S/C20H18N4O3/c1-26-16-9-5-8-15(10-16)12-21-19(25)18-17(11-14-6-3-2-4-7-14)24-20(27-18)22-13-23-24/h2-10,13H,11-12H2,1H3,(H,21,25). The lowest BCUT2D eigenvalue weighted by molar-refractivity contribution is 0.0923. The third kappa shape index (κ3) is 3.52. The molecule has 0 radical (unpaired) electrons. The van der Waals surface area contributed by atoms with Crippen molar-refractivity contribution in [1.82, 2.24) is 19.9 Å². The molecule has 0 aliphatic heterocycles. The molecule has 2 heterocycles. The molecule has 7 heteroatoms. The molecule has 0 spiro atoms. The highest BCUT2D eigenvalue weighted by molar-refractivity contribution is 5.93. The summed E-state index contributed by atoms with van der Waals surface area (Å²) in [5.41, 5.74) is 2.65. The van der Waals surface area contributed by atoms with Crippen LogP contribution in [0.15, 0.2) is 65.3 Å². The molecule has 7 nitrogen and oxygen atoms in total. The first-order chi connectivity index (χ1) is 13.2. The summed E-state index contributed by atoms with van der Waals surface area (Å²) in [7, 11) is 1.61. The number of aromatic nitrogens is 3. The van der Waals surface area contributed by atoms with Gasteiger partial charge < -0.3 is 14.5 Å². The second-order valence-electron chi connectivity index (χ2n) is 6.03. The first-order valence-corrected chi connectivity index (χ1v) is 8.51. The normalized spacial score (nSPS) is 10.9. The maximum absolute atomic E-state index is 12.7. The Morgan fingerprint density at radius 2 is 1.96 bits per heavy atom. The van der Waals surface area contributed by atoms with Crippen LogP contribution in [0, 0.1) is 0 Å². The van der Waals surface area contributed by atoms with Gasteiger partial charge in [0.15, 0.2) is 0 Å². The molecule has 2 aromatic carbocycles. The van der Waals surface area contributed by atoms with Crippen molar-refractivity contribution in [2.45, 2.75) is 13.0 Å². The van der Waals surface area contributed by atoms with E-state index in [9.17, 15) is 4.79 Å². The number of benzene rings is 2. The lowest BCUT2D eigenvalue weighted by Crippen LogP contribution is -2.23. The molecular weight excluding hydrogens is 344 g/mol. The average molecular weight is 362 g/mol. The summed E-state index contributed by atoms with van der Waals surface area (Å²) in [5, 5.41) is 7.06. The van der Waals surface area contributed by atoms with Crippen LogP contribution in [-0.2, 0) is 13.0 Å². The summed E-state index contributed by atoms with van der Waals surface area (Å²) in [5.74, 6) is 0.952. The number of rotatable bonds is 6. The second kappa shape index (κ2) is 7.33. The number of ether oxygens (including phenoxy) is 1. The highest BCUT2D eigenvalue weighted by atomic mass is 16.5. The summed E-state index contributed by atoms with van der Waals surface area (Å²) < 4.78 is 12.4. The lowest BCUT2D eigenvalue weighted by Gasteiger charge is -2.07. The van der Waals surface area contributed by atoms with E-state index in [1.54, 1.807) is 11.6 Å². The lowest BCUT2D eigenvalue weighted by atomic mass is 10.1. The first kappa shape index (κ1) is 16.8. The van der Waals surface area contributed by atoms with Gasteiger partial charge in [-0.1, -0.05) is 42.5 Å². The van der Waals surface area contributed by atoms with E-state index in [0.29, 0.717) is 24.5 Å². The molecule has 27 heavy (non-hydrogen) atoms. The van der Waals surface area contributed by atoms with Crippen molar-refractivity contribution in [3.05, 3.63) is 83.5 Å². The van der Waals surface area contributed by atoms with E-state index in [2.05, 4.69) is 15.4 Å². The molecule has 136 valence electrons. The first-order valence-electron chi connectivity index (χ1n) is 8.51. The zero-order chi connectivity index (χ0) is 18.6. The van der Waals surface area contributed by atoms with Crippen molar-refractivity contribution in [2.75, 3.05) is 7.11 Å². The van der Waals surface area contributed by atoms with E-state index < -0.39 is 0 Å². The minimum absolute atomic E-state index is 0.220. The fourth-order valence-corrected chi connectivity index (χ4v) is 2.90. The Labute approximate surface area is 155 Å². The van der Waals surface area contributed by atoms with Crippen LogP contribution in [0.3, 0.4) is 0 Å². The summed E-state index contributed by atoms with van der Waals surface area (Å²) in [6, 6.07) is 17.4. The van der Waals surface area contributed by atoms with Crippen LogP contribution in [0.2, 0.25) is 0 Å². The number of nitrogens with one attached hydrogen (secondary N) is 1. The number of carbonyl (C=O) groups is 1. The number of carbonyl (C=O) groups excluding carboxylic acids is 1. The molecule has 0 fully saturated rings. The molecule has 0 atom stereocenters. The SMILES string of the molecule is COc1cccc(CNC(=O)c2oc3ncnn3c2Cc2ccccc2)c1. The van der Waals surface area contributed by atoms with Gasteiger partial charge in [0.2, 0.25) is 5.76 Å². The molecule has 1 N–H and O–H groups in total. The maximum atomic E-state index is 12.7. The Morgan fingerprint density at radius 3 is 2.78 bits per heavy atom. The zero-order valence-electron chi connectivity index (χ0n) is 14.8. The van der Waals surface area contributed by atoms with Crippen LogP contribution in [0.4, 0.5) is 0 Å². The molecule has 0 saturated heterocycles. The van der Waals surface area contributed by atoms with E-state index in [-0.39, 0.29) is 11.7 Å². The van der Waals surface area contributed by atoms with Gasteiger partial charge in [-0.3, -0.25) is 4.79 Å². The van der Waals surface area contributed by atoms with E-state index in [4.69, 9.17) is 9.15 Å². The van der Waals surface area contributed by atoms with E-state index in [0.717, 1.165) is 16.9 Å². The molecule has 0 bridgehead atoms. The minimum Gasteiger partial charge on any atom is -0.497 e. The molecule has 2 aromatic heterocycles. The van der Waals surface area contributed by atoms with Crippen LogP contribution in [0.25, 0.3) is 5.84 Å². The van der Waals surface area contributed by atoms with Gasteiger partial charge in [0, 0.05) is 13.0 Å². The fourth-order valence-electron chi connectivity index (χ4n) is 2.90. The predicted octanol–water partition coefficient (Wildman–Crippen LogP) is 2.85. The smallest absolute Gasteiger partial charge is 0.325 e. The van der Waals surface area contributed by atoms with Crippen molar-refractivity contribution < 1.29 is 13.9 Å². The molecule has 0 aliphatic carbocycles. The van der Waals surface area contributed by atoms with Crippen LogP contribution < -0.4 is 10.1 Å². The van der Waals surface area contributed by atoms with Crippen LogP contribution in [0.5, 0.6) is 5.75 Å². The second-order valence-corrected chi connectivity index (χ2v) is 6.03. The molecule has 0 saturated carbocycles. The number of oxazole rings is 1. The van der Waals surface area contributed by atoms with Crippen LogP contribution >= 0.6 is 0 Å². The minimum atomic E-state index is -0.309. The van der Waals surface area contributed by atoms with Gasteiger partial charge in [-0.15, -0.1) is 0 Å². The van der Waals surface area contributed by atoms with Crippen molar-refractivity contribution in [2.24, 2.45) is 0 Å². The zero-order valence-corrected chi connectivity index (χ0v) is 14.8. The average Bonchev–Trinajstić information content (AvgIpc) is 3.30. The highest BCUT2D eigenvalue weighted by Gasteiger charge is 2.22. The van der Waals surface area contributed by atoms with Gasteiger partial charge in [-0.05, 0) is 23.3 Å². The summed E-state index contributed by atoms with van der Waals surface area (Å²) in [6.07, 6.45) is 1.92. The molecule has 1 amide bonds. The van der Waals surface area contributed by atoms with Crippen LogP contribution in [-0.4, -0.2) is 27.6 Å². The Hall–Kier alpha value is -3.61. The summed E-state index contributed by atoms with van der Waals surface area (Å²) in [6.45, 7) is 0.358. The van der Waals surface area contributed by atoms with Crippen molar-refractivity contribution in [1.29, 1.82) is 0 Å². The van der Waals surface area contributed by atoms with E-state index in [1.807, 2.05) is 54.6 Å². The molecule has 0 unspecified atom stereocenters. The Bertz CT molecular complexity index is 1070. The number of amides is 1. The highest BCUT2D eigenvalue weighted by Crippen LogP contribution is 2.19. The largest absolute Gasteiger partial charge is 0.497 e. The predicted molar refractivity (Wildman–Crippen MR) is 98.7 cm³/mol. The van der Waals surface area contributed by atoms with Crippen LogP contribution in [0.1, 0.15) is 27.4 Å². The van der Waals surface area contributed by atoms with Gasteiger partial charge in [-0.2, -0.15) is 14.6 Å². The molecule has 4 aromatic rings. The Balaban J connectivity index is 1.57. The van der Waals surface area contributed by atoms with Crippen molar-refractivity contribution >= 4 is 11.8 Å². The monoisotopic (exact) mass is 362 g/mol. The number of methoxy groups -OCH3 is 1.